The molecule has 1 aliphatic heterocycles. The van der Waals surface area contributed by atoms with E-state index >= 15 is 0 Å². The summed E-state index contributed by atoms with van der Waals surface area (Å²) in [6, 6.07) is 2.01. The van der Waals surface area contributed by atoms with E-state index in [2.05, 4.69) is 9.97 Å². The maximum atomic E-state index is 12.5. The van der Waals surface area contributed by atoms with E-state index in [9.17, 15) is 8.42 Å². The predicted molar refractivity (Wildman–Crippen MR) is 73.6 cm³/mol. The van der Waals surface area contributed by atoms with Crippen LogP contribution in [0.1, 0.15) is 23.2 Å². The number of hydrogen-bond acceptors (Lipinski definition) is 4. The lowest BCUT2D eigenvalue weighted by atomic mass is 10.1. The molecule has 1 aliphatic rings. The molecule has 0 amide bonds. The molecule has 19 heavy (non-hydrogen) atoms. The SMILES string of the molecule is CCc1ncc(S(=O)(=O)N2CCc3sccc3C2)[nH]1. The molecule has 3 heterocycles. The normalized spacial score (nSPS) is 16.5. The number of nitrogens with zero attached hydrogens (tertiary/aromatic N) is 2. The molecule has 0 bridgehead atoms. The Kier molecular flexibility index (Phi) is 3.20. The van der Waals surface area contributed by atoms with E-state index in [1.54, 1.807) is 11.3 Å². The average molecular weight is 297 g/mol. The van der Waals surface area contributed by atoms with E-state index in [4.69, 9.17) is 0 Å². The van der Waals surface area contributed by atoms with Gasteiger partial charge in [0.2, 0.25) is 0 Å². The lowest BCUT2D eigenvalue weighted by molar-refractivity contribution is 0.392. The minimum Gasteiger partial charge on any atom is -0.332 e. The van der Waals surface area contributed by atoms with Crippen molar-refractivity contribution in [2.45, 2.75) is 31.3 Å². The molecule has 2 aromatic rings. The van der Waals surface area contributed by atoms with Crippen LogP contribution >= 0.6 is 11.3 Å². The first-order valence-electron chi connectivity index (χ1n) is 6.20. The summed E-state index contributed by atoms with van der Waals surface area (Å²) in [4.78, 5) is 8.25. The van der Waals surface area contributed by atoms with Crippen LogP contribution in [0.5, 0.6) is 0 Å². The fourth-order valence-electron chi connectivity index (χ4n) is 2.22. The van der Waals surface area contributed by atoms with Crippen molar-refractivity contribution in [3.05, 3.63) is 33.9 Å². The Balaban J connectivity index is 1.89. The van der Waals surface area contributed by atoms with Crippen LogP contribution in [0, 0.1) is 0 Å². The highest BCUT2D eigenvalue weighted by molar-refractivity contribution is 7.89. The summed E-state index contributed by atoms with van der Waals surface area (Å²) in [5.41, 5.74) is 1.12. The quantitative estimate of drug-likeness (QED) is 0.939. The molecular weight excluding hydrogens is 282 g/mol. The van der Waals surface area contributed by atoms with Gasteiger partial charge in [-0.15, -0.1) is 11.3 Å². The molecule has 0 aromatic carbocycles. The number of sulfonamides is 1. The van der Waals surface area contributed by atoms with E-state index in [-0.39, 0.29) is 5.03 Å². The molecular formula is C12H15N3O2S2. The summed E-state index contributed by atoms with van der Waals surface area (Å²) in [6.07, 6.45) is 2.91. The van der Waals surface area contributed by atoms with Gasteiger partial charge in [-0.25, -0.2) is 13.4 Å². The van der Waals surface area contributed by atoms with Crippen LogP contribution in [-0.4, -0.2) is 29.2 Å². The van der Waals surface area contributed by atoms with Crippen molar-refractivity contribution in [2.75, 3.05) is 6.54 Å². The van der Waals surface area contributed by atoms with E-state index in [1.807, 2.05) is 18.4 Å². The van der Waals surface area contributed by atoms with Crippen molar-refractivity contribution in [2.24, 2.45) is 0 Å². The molecule has 0 saturated heterocycles. The maximum absolute atomic E-state index is 12.5. The van der Waals surface area contributed by atoms with Gasteiger partial charge in [0.05, 0.1) is 6.20 Å². The number of thiophene rings is 1. The van der Waals surface area contributed by atoms with Crippen molar-refractivity contribution in [1.29, 1.82) is 0 Å². The van der Waals surface area contributed by atoms with Gasteiger partial charge in [-0.2, -0.15) is 4.31 Å². The lowest BCUT2D eigenvalue weighted by Gasteiger charge is -2.25. The van der Waals surface area contributed by atoms with Crippen LogP contribution in [0.15, 0.2) is 22.7 Å². The number of imidazole rings is 1. The van der Waals surface area contributed by atoms with Crippen molar-refractivity contribution in [1.82, 2.24) is 14.3 Å². The largest absolute Gasteiger partial charge is 0.332 e. The van der Waals surface area contributed by atoms with Gasteiger partial charge in [-0.05, 0) is 23.4 Å². The summed E-state index contributed by atoms with van der Waals surface area (Å²) < 4.78 is 26.5. The van der Waals surface area contributed by atoms with E-state index in [0.717, 1.165) is 12.0 Å². The molecule has 2 aromatic heterocycles. The molecule has 1 N–H and O–H groups in total. The van der Waals surface area contributed by atoms with Crippen molar-refractivity contribution < 1.29 is 8.42 Å². The second-order valence-corrected chi connectivity index (χ2v) is 7.41. The van der Waals surface area contributed by atoms with Gasteiger partial charge in [0, 0.05) is 24.4 Å². The first-order chi connectivity index (χ1) is 9.11. The molecule has 0 unspecified atom stereocenters. The number of rotatable bonds is 3. The van der Waals surface area contributed by atoms with Gasteiger partial charge in [-0.1, -0.05) is 6.92 Å². The molecule has 0 radical (unpaired) electrons. The van der Waals surface area contributed by atoms with E-state index < -0.39 is 10.0 Å². The highest BCUT2D eigenvalue weighted by Gasteiger charge is 2.30. The van der Waals surface area contributed by atoms with E-state index in [0.29, 0.717) is 25.3 Å². The Hall–Kier alpha value is -1.18. The van der Waals surface area contributed by atoms with Gasteiger partial charge in [0.25, 0.3) is 10.0 Å². The van der Waals surface area contributed by atoms with Crippen LogP contribution in [0.2, 0.25) is 0 Å². The second kappa shape index (κ2) is 4.73. The molecule has 5 nitrogen and oxygen atoms in total. The number of fused-ring (bicyclic) bond motifs is 1. The highest BCUT2D eigenvalue weighted by atomic mass is 32.2. The van der Waals surface area contributed by atoms with Gasteiger partial charge < -0.3 is 4.98 Å². The number of aryl methyl sites for hydroxylation is 1. The summed E-state index contributed by atoms with van der Waals surface area (Å²) in [5, 5.41) is 2.22. The topological polar surface area (TPSA) is 66.1 Å². The maximum Gasteiger partial charge on any atom is 0.260 e. The minimum absolute atomic E-state index is 0.197. The smallest absolute Gasteiger partial charge is 0.260 e. The average Bonchev–Trinajstić information content (AvgIpc) is 3.06. The predicted octanol–water partition coefficient (Wildman–Crippen LogP) is 1.78. The number of H-pyrrole nitrogens is 1. The van der Waals surface area contributed by atoms with Crippen LogP contribution in [0.3, 0.4) is 0 Å². The molecule has 102 valence electrons. The molecule has 0 atom stereocenters. The standard InChI is InChI=1S/C12H15N3O2S2/c1-2-11-13-7-12(14-11)19(16,17)15-5-3-10-9(8-15)4-6-18-10/h4,6-7H,2-3,5,8H2,1H3,(H,13,14). The van der Waals surface area contributed by atoms with Crippen molar-refractivity contribution in [3.63, 3.8) is 0 Å². The fraction of sp³-hybridized carbons (Fsp3) is 0.417. The molecule has 0 aliphatic carbocycles. The monoisotopic (exact) mass is 297 g/mol. The summed E-state index contributed by atoms with van der Waals surface area (Å²) in [5.74, 6) is 0.701. The zero-order valence-electron chi connectivity index (χ0n) is 10.6. The zero-order chi connectivity index (χ0) is 13.5. The molecule has 3 rings (SSSR count). The molecule has 0 spiro atoms. The third-order valence-corrected chi connectivity index (χ3v) is 6.11. The zero-order valence-corrected chi connectivity index (χ0v) is 12.2. The molecule has 0 saturated carbocycles. The van der Waals surface area contributed by atoms with Crippen LogP contribution in [0.4, 0.5) is 0 Å². The van der Waals surface area contributed by atoms with E-state index in [1.165, 1.54) is 15.4 Å². The Labute approximate surface area is 116 Å². The third kappa shape index (κ3) is 2.22. The van der Waals surface area contributed by atoms with Crippen LogP contribution in [-0.2, 0) is 29.4 Å². The first-order valence-corrected chi connectivity index (χ1v) is 8.52. The fourth-order valence-corrected chi connectivity index (χ4v) is 4.46. The Morgan fingerprint density at radius 2 is 2.37 bits per heavy atom. The summed E-state index contributed by atoms with van der Waals surface area (Å²) in [6.45, 7) is 2.94. The van der Waals surface area contributed by atoms with Gasteiger partial charge in [0.15, 0.2) is 5.03 Å². The first kappa shape index (κ1) is 12.8. The van der Waals surface area contributed by atoms with Crippen molar-refractivity contribution in [3.8, 4) is 0 Å². The van der Waals surface area contributed by atoms with Crippen LogP contribution in [0.25, 0.3) is 0 Å². The minimum atomic E-state index is -3.45. The summed E-state index contributed by atoms with van der Waals surface area (Å²) >= 11 is 1.70. The number of aromatic nitrogens is 2. The Morgan fingerprint density at radius 1 is 1.53 bits per heavy atom. The number of nitrogens with one attached hydrogen (secondary N) is 1. The third-order valence-electron chi connectivity index (χ3n) is 3.33. The van der Waals surface area contributed by atoms with Gasteiger partial charge in [0.1, 0.15) is 5.82 Å². The van der Waals surface area contributed by atoms with Crippen LogP contribution < -0.4 is 0 Å². The lowest BCUT2D eigenvalue weighted by Crippen LogP contribution is -2.35. The Morgan fingerprint density at radius 3 is 3.11 bits per heavy atom. The highest BCUT2D eigenvalue weighted by Crippen LogP contribution is 2.27. The second-order valence-electron chi connectivity index (χ2n) is 4.51. The molecule has 0 fully saturated rings. The van der Waals surface area contributed by atoms with Gasteiger partial charge in [-0.3, -0.25) is 0 Å². The van der Waals surface area contributed by atoms with Crippen molar-refractivity contribution >= 4 is 21.4 Å². The molecule has 7 heteroatoms. The Bertz CT molecular complexity index is 687. The number of aromatic amines is 1. The van der Waals surface area contributed by atoms with Gasteiger partial charge >= 0.3 is 0 Å². The number of hydrogen-bond donors (Lipinski definition) is 1. The summed E-state index contributed by atoms with van der Waals surface area (Å²) in [7, 11) is -3.45.